The van der Waals surface area contributed by atoms with Crippen LogP contribution in [0.4, 0.5) is 5.69 Å². The van der Waals surface area contributed by atoms with E-state index < -0.39 is 0 Å². The standard InChI is InChI=1S/C18H27N3O2/c1-14-6-3-4-13-21(14)18(23)15-8-10-16(11-9-15)20-17(22)7-5-12-19-2/h8-11,14,19H,3-7,12-13H2,1-2H3,(H,20,22). The maximum Gasteiger partial charge on any atom is 0.254 e. The molecule has 2 rings (SSSR count). The van der Waals surface area contributed by atoms with Crippen molar-refractivity contribution >= 4 is 17.5 Å². The summed E-state index contributed by atoms with van der Waals surface area (Å²) in [5, 5.41) is 5.88. The fourth-order valence-corrected chi connectivity index (χ4v) is 2.91. The summed E-state index contributed by atoms with van der Waals surface area (Å²) in [6.45, 7) is 3.77. The Bertz CT molecular complexity index is 528. The molecule has 23 heavy (non-hydrogen) atoms. The van der Waals surface area contributed by atoms with Gasteiger partial charge in [0.2, 0.25) is 5.91 Å². The lowest BCUT2D eigenvalue weighted by molar-refractivity contribution is -0.116. The Hall–Kier alpha value is -1.88. The van der Waals surface area contributed by atoms with Crippen LogP contribution in [0.2, 0.25) is 0 Å². The molecule has 0 saturated carbocycles. The van der Waals surface area contributed by atoms with Crippen LogP contribution >= 0.6 is 0 Å². The molecule has 0 radical (unpaired) electrons. The molecule has 0 aliphatic carbocycles. The van der Waals surface area contributed by atoms with Crippen LogP contribution in [-0.4, -0.2) is 42.9 Å². The fraction of sp³-hybridized carbons (Fsp3) is 0.556. The second-order valence-electron chi connectivity index (χ2n) is 6.18. The average Bonchev–Trinajstić information content (AvgIpc) is 2.56. The van der Waals surface area contributed by atoms with Gasteiger partial charge in [-0.3, -0.25) is 9.59 Å². The lowest BCUT2D eigenvalue weighted by Crippen LogP contribution is -2.42. The Morgan fingerprint density at radius 1 is 1.22 bits per heavy atom. The third-order valence-electron chi connectivity index (χ3n) is 4.31. The highest BCUT2D eigenvalue weighted by Gasteiger charge is 2.23. The van der Waals surface area contributed by atoms with Crippen molar-refractivity contribution < 1.29 is 9.59 Å². The molecule has 0 bridgehead atoms. The van der Waals surface area contributed by atoms with E-state index >= 15 is 0 Å². The Balaban J connectivity index is 1.91. The Morgan fingerprint density at radius 3 is 2.61 bits per heavy atom. The first kappa shape index (κ1) is 17.5. The molecule has 1 aliphatic heterocycles. The molecule has 1 atom stereocenters. The maximum atomic E-state index is 12.5. The van der Waals surface area contributed by atoms with Crippen LogP contribution in [0.25, 0.3) is 0 Å². The summed E-state index contributed by atoms with van der Waals surface area (Å²) >= 11 is 0. The SMILES string of the molecule is CNCCCC(=O)Nc1ccc(C(=O)N2CCCCC2C)cc1. The molecule has 1 saturated heterocycles. The van der Waals surface area contributed by atoms with Gasteiger partial charge in [0.05, 0.1) is 0 Å². The van der Waals surface area contributed by atoms with Crippen molar-refractivity contribution in [3.05, 3.63) is 29.8 Å². The maximum absolute atomic E-state index is 12.5. The summed E-state index contributed by atoms with van der Waals surface area (Å²) in [5.41, 5.74) is 1.43. The van der Waals surface area contributed by atoms with Gasteiger partial charge in [-0.05, 0) is 70.5 Å². The summed E-state index contributed by atoms with van der Waals surface area (Å²) in [4.78, 5) is 26.3. The minimum absolute atomic E-state index is 0.00368. The van der Waals surface area contributed by atoms with E-state index in [1.807, 2.05) is 11.9 Å². The van der Waals surface area contributed by atoms with Crippen molar-refractivity contribution in [1.82, 2.24) is 10.2 Å². The molecule has 1 heterocycles. The second kappa shape index (κ2) is 8.67. The number of amides is 2. The number of anilines is 1. The van der Waals surface area contributed by atoms with Gasteiger partial charge in [-0.2, -0.15) is 0 Å². The first-order valence-corrected chi connectivity index (χ1v) is 8.47. The van der Waals surface area contributed by atoms with Gasteiger partial charge >= 0.3 is 0 Å². The van der Waals surface area contributed by atoms with E-state index in [1.54, 1.807) is 24.3 Å². The molecular weight excluding hydrogens is 290 g/mol. The van der Waals surface area contributed by atoms with E-state index in [0.717, 1.165) is 38.0 Å². The van der Waals surface area contributed by atoms with Gasteiger partial charge < -0.3 is 15.5 Å². The van der Waals surface area contributed by atoms with Gasteiger partial charge in [-0.15, -0.1) is 0 Å². The smallest absolute Gasteiger partial charge is 0.254 e. The van der Waals surface area contributed by atoms with Crippen LogP contribution in [0.3, 0.4) is 0 Å². The van der Waals surface area contributed by atoms with Crippen LogP contribution in [-0.2, 0) is 4.79 Å². The number of hydrogen-bond acceptors (Lipinski definition) is 3. The molecular formula is C18H27N3O2. The third kappa shape index (κ3) is 5.06. The fourth-order valence-electron chi connectivity index (χ4n) is 2.91. The summed E-state index contributed by atoms with van der Waals surface area (Å²) < 4.78 is 0. The van der Waals surface area contributed by atoms with E-state index in [4.69, 9.17) is 0 Å². The minimum Gasteiger partial charge on any atom is -0.336 e. The zero-order chi connectivity index (χ0) is 16.7. The molecule has 1 fully saturated rings. The van der Waals surface area contributed by atoms with E-state index in [0.29, 0.717) is 18.0 Å². The Kier molecular flexibility index (Phi) is 6.59. The first-order valence-electron chi connectivity index (χ1n) is 8.47. The van der Waals surface area contributed by atoms with Crippen molar-refractivity contribution in [1.29, 1.82) is 0 Å². The van der Waals surface area contributed by atoms with Crippen molar-refractivity contribution in [2.45, 2.75) is 45.1 Å². The van der Waals surface area contributed by atoms with Crippen molar-refractivity contribution in [2.24, 2.45) is 0 Å². The molecule has 2 N–H and O–H groups in total. The van der Waals surface area contributed by atoms with Crippen molar-refractivity contribution in [2.75, 3.05) is 25.5 Å². The average molecular weight is 317 g/mol. The van der Waals surface area contributed by atoms with Gasteiger partial charge in [0.15, 0.2) is 0 Å². The van der Waals surface area contributed by atoms with E-state index in [2.05, 4.69) is 17.6 Å². The van der Waals surface area contributed by atoms with Crippen LogP contribution in [0.1, 0.15) is 49.4 Å². The van der Waals surface area contributed by atoms with Gasteiger partial charge in [0.1, 0.15) is 0 Å². The summed E-state index contributed by atoms with van der Waals surface area (Å²) in [6.07, 6.45) is 4.66. The highest BCUT2D eigenvalue weighted by Crippen LogP contribution is 2.20. The lowest BCUT2D eigenvalue weighted by Gasteiger charge is -2.33. The minimum atomic E-state index is 0.00368. The predicted molar refractivity (Wildman–Crippen MR) is 92.6 cm³/mol. The molecule has 5 heteroatoms. The van der Waals surface area contributed by atoms with E-state index in [-0.39, 0.29) is 11.8 Å². The Morgan fingerprint density at radius 2 is 1.96 bits per heavy atom. The van der Waals surface area contributed by atoms with E-state index in [9.17, 15) is 9.59 Å². The molecule has 126 valence electrons. The number of rotatable bonds is 6. The number of carbonyl (C=O) groups excluding carboxylic acids is 2. The highest BCUT2D eigenvalue weighted by atomic mass is 16.2. The van der Waals surface area contributed by atoms with Crippen LogP contribution in [0.15, 0.2) is 24.3 Å². The second-order valence-corrected chi connectivity index (χ2v) is 6.18. The van der Waals surface area contributed by atoms with Crippen LogP contribution < -0.4 is 10.6 Å². The van der Waals surface area contributed by atoms with Gasteiger partial charge in [0.25, 0.3) is 5.91 Å². The molecule has 0 aromatic heterocycles. The number of benzene rings is 1. The quantitative estimate of drug-likeness (QED) is 0.793. The Labute approximate surface area is 138 Å². The summed E-state index contributed by atoms with van der Waals surface area (Å²) in [6, 6.07) is 7.51. The third-order valence-corrected chi connectivity index (χ3v) is 4.31. The molecule has 2 amide bonds. The predicted octanol–water partition coefficient (Wildman–Crippen LogP) is 2.64. The molecule has 1 aliphatic rings. The first-order chi connectivity index (χ1) is 11.1. The number of nitrogens with zero attached hydrogens (tertiary/aromatic N) is 1. The summed E-state index contributed by atoms with van der Waals surface area (Å²) in [5.74, 6) is 0.0908. The molecule has 1 aromatic rings. The number of piperidine rings is 1. The van der Waals surface area contributed by atoms with Crippen molar-refractivity contribution in [3.63, 3.8) is 0 Å². The zero-order valence-electron chi connectivity index (χ0n) is 14.1. The molecule has 0 spiro atoms. The number of nitrogens with one attached hydrogen (secondary N) is 2. The zero-order valence-corrected chi connectivity index (χ0v) is 14.1. The van der Waals surface area contributed by atoms with Crippen LogP contribution in [0, 0.1) is 0 Å². The molecule has 1 aromatic carbocycles. The van der Waals surface area contributed by atoms with Gasteiger partial charge in [0, 0.05) is 30.3 Å². The summed E-state index contributed by atoms with van der Waals surface area (Å²) in [7, 11) is 1.87. The topological polar surface area (TPSA) is 61.4 Å². The normalized spacial score (nSPS) is 17.8. The monoisotopic (exact) mass is 317 g/mol. The van der Waals surface area contributed by atoms with Crippen molar-refractivity contribution in [3.8, 4) is 0 Å². The number of hydrogen-bond donors (Lipinski definition) is 2. The lowest BCUT2D eigenvalue weighted by atomic mass is 10.0. The van der Waals surface area contributed by atoms with E-state index in [1.165, 1.54) is 6.42 Å². The largest absolute Gasteiger partial charge is 0.336 e. The molecule has 5 nitrogen and oxygen atoms in total. The van der Waals surface area contributed by atoms with Gasteiger partial charge in [-0.25, -0.2) is 0 Å². The molecule has 1 unspecified atom stereocenters. The van der Waals surface area contributed by atoms with Crippen LogP contribution in [0.5, 0.6) is 0 Å². The highest BCUT2D eigenvalue weighted by molar-refractivity contribution is 5.96. The number of carbonyl (C=O) groups is 2. The van der Waals surface area contributed by atoms with Gasteiger partial charge in [-0.1, -0.05) is 0 Å². The number of likely N-dealkylation sites (tertiary alicyclic amines) is 1.